The van der Waals surface area contributed by atoms with Crippen molar-refractivity contribution in [2.24, 2.45) is 0 Å². The van der Waals surface area contributed by atoms with Gasteiger partial charge in [0.1, 0.15) is 31.6 Å². The number of benzene rings is 4. The van der Waals surface area contributed by atoms with Gasteiger partial charge in [-0.25, -0.2) is 9.59 Å². The van der Waals surface area contributed by atoms with E-state index in [9.17, 15) is 24.0 Å². The molecule has 1 atom stereocenters. The van der Waals surface area contributed by atoms with E-state index in [4.69, 9.17) is 28.4 Å². The Balaban J connectivity index is 1.41. The van der Waals surface area contributed by atoms with Crippen molar-refractivity contribution in [3.8, 4) is 5.75 Å². The van der Waals surface area contributed by atoms with Crippen molar-refractivity contribution in [1.82, 2.24) is 10.6 Å². The molecule has 0 aliphatic heterocycles. The number of carbonyl (C=O) groups excluding carboxylic acids is 5. The van der Waals surface area contributed by atoms with Crippen LogP contribution in [0.5, 0.6) is 5.75 Å². The third-order valence-corrected chi connectivity index (χ3v) is 8.09. The zero-order valence-electron chi connectivity index (χ0n) is 31.6. The Morgan fingerprint density at radius 3 is 1.54 bits per heavy atom. The number of carbonyl (C=O) groups is 5. The first kappa shape index (κ1) is 42.7. The Hall–Kier alpha value is -6.05. The van der Waals surface area contributed by atoms with Gasteiger partial charge in [0, 0.05) is 26.1 Å². The van der Waals surface area contributed by atoms with Crippen molar-refractivity contribution in [1.29, 1.82) is 0 Å². The topological polar surface area (TPSA) is 165 Å². The minimum atomic E-state index is -1.73. The highest BCUT2D eigenvalue weighted by Gasteiger charge is 2.33. The van der Waals surface area contributed by atoms with Crippen LogP contribution in [0.1, 0.15) is 48.9 Å². The van der Waals surface area contributed by atoms with Crippen molar-refractivity contribution in [3.05, 3.63) is 138 Å². The van der Waals surface area contributed by atoms with E-state index in [1.807, 2.05) is 42.5 Å². The first-order valence-electron chi connectivity index (χ1n) is 18.4. The van der Waals surface area contributed by atoms with Gasteiger partial charge in [-0.05, 0) is 48.2 Å². The lowest BCUT2D eigenvalue weighted by atomic mass is 10.0. The quantitative estimate of drug-likeness (QED) is 0.0452. The smallest absolute Gasteiger partial charge is 0.359 e. The van der Waals surface area contributed by atoms with Crippen LogP contribution in [-0.2, 0) is 73.9 Å². The molecule has 13 heteroatoms. The predicted octanol–water partition coefficient (Wildman–Crippen LogP) is 4.99. The van der Waals surface area contributed by atoms with Crippen LogP contribution in [0.2, 0.25) is 0 Å². The third-order valence-electron chi connectivity index (χ3n) is 8.09. The molecule has 0 saturated heterocycles. The predicted molar refractivity (Wildman–Crippen MR) is 204 cm³/mol. The second kappa shape index (κ2) is 23.7. The molecular formula is C43H48N2O11. The molecule has 0 bridgehead atoms. The summed E-state index contributed by atoms with van der Waals surface area (Å²) in [6.45, 7) is 4.30. The molecule has 0 spiro atoms. The molecule has 4 aromatic rings. The Labute approximate surface area is 326 Å². The average Bonchev–Trinajstić information content (AvgIpc) is 3.23. The van der Waals surface area contributed by atoms with E-state index in [1.165, 1.54) is 12.1 Å². The fourth-order valence-corrected chi connectivity index (χ4v) is 5.22. The lowest BCUT2D eigenvalue weighted by molar-refractivity contribution is -0.168. The zero-order chi connectivity index (χ0) is 40.0. The molecule has 56 heavy (non-hydrogen) atoms. The number of esters is 3. The normalized spacial score (nSPS) is 11.4. The first-order chi connectivity index (χ1) is 27.2. The van der Waals surface area contributed by atoms with E-state index in [2.05, 4.69) is 10.6 Å². The van der Waals surface area contributed by atoms with Gasteiger partial charge in [0.25, 0.3) is 6.10 Å². The standard InChI is InChI=1S/C43H48N2O11/c1-3-51-39(52-4-2)27-44-41(48)36(45-37(46)24-25-38(47)53-28-32-14-8-5-9-15-32)26-31-20-22-35(23-21-31)56-40(42(49)54-29-33-16-10-6-11-17-33)43(50)55-30-34-18-12-7-13-19-34/h5-23,36,39-40H,3-4,24-30H2,1-2H3,(H,44,48)(H,45,46)/t36-/m0/s1. The number of hydrogen-bond acceptors (Lipinski definition) is 11. The fourth-order valence-electron chi connectivity index (χ4n) is 5.22. The first-order valence-corrected chi connectivity index (χ1v) is 18.4. The minimum absolute atomic E-state index is 0.0353. The van der Waals surface area contributed by atoms with E-state index >= 15 is 0 Å². The van der Waals surface area contributed by atoms with Crippen molar-refractivity contribution < 1.29 is 52.4 Å². The van der Waals surface area contributed by atoms with Gasteiger partial charge in [0.05, 0.1) is 13.0 Å². The average molecular weight is 769 g/mol. The van der Waals surface area contributed by atoms with E-state index in [0.29, 0.717) is 18.8 Å². The monoisotopic (exact) mass is 768 g/mol. The molecule has 0 aliphatic carbocycles. The summed E-state index contributed by atoms with van der Waals surface area (Å²) in [7, 11) is 0. The summed E-state index contributed by atoms with van der Waals surface area (Å²) in [6.07, 6.45) is -2.75. The van der Waals surface area contributed by atoms with E-state index < -0.39 is 48.2 Å². The molecule has 0 aliphatic rings. The van der Waals surface area contributed by atoms with Gasteiger partial charge in [-0.1, -0.05) is 103 Å². The molecule has 0 fully saturated rings. The van der Waals surface area contributed by atoms with E-state index in [1.54, 1.807) is 74.5 Å². The van der Waals surface area contributed by atoms with Crippen LogP contribution in [0.4, 0.5) is 0 Å². The maximum atomic E-state index is 13.4. The number of ether oxygens (including phenoxy) is 6. The highest BCUT2D eigenvalue weighted by Crippen LogP contribution is 2.18. The molecule has 4 rings (SSSR count). The van der Waals surface area contributed by atoms with Crippen LogP contribution in [0, 0.1) is 0 Å². The van der Waals surface area contributed by atoms with Gasteiger partial charge in [-0.3, -0.25) is 14.4 Å². The van der Waals surface area contributed by atoms with Crippen LogP contribution in [0.3, 0.4) is 0 Å². The lowest BCUT2D eigenvalue weighted by Crippen LogP contribution is -2.50. The number of amides is 2. The van der Waals surface area contributed by atoms with Gasteiger partial charge in [-0.15, -0.1) is 0 Å². The largest absolute Gasteiger partial charge is 0.467 e. The van der Waals surface area contributed by atoms with Gasteiger partial charge >= 0.3 is 17.9 Å². The molecule has 13 nitrogen and oxygen atoms in total. The Morgan fingerprint density at radius 1 is 0.571 bits per heavy atom. The number of rotatable bonds is 23. The Kier molecular flexibility index (Phi) is 18.0. The van der Waals surface area contributed by atoms with Crippen LogP contribution in [0.25, 0.3) is 0 Å². The minimum Gasteiger partial charge on any atom is -0.467 e. The molecule has 2 amide bonds. The van der Waals surface area contributed by atoms with E-state index in [-0.39, 0.29) is 51.4 Å². The van der Waals surface area contributed by atoms with Crippen LogP contribution >= 0.6 is 0 Å². The molecule has 4 aromatic carbocycles. The van der Waals surface area contributed by atoms with Crippen LogP contribution < -0.4 is 15.4 Å². The summed E-state index contributed by atoms with van der Waals surface area (Å²) in [6, 6.07) is 32.4. The molecule has 2 N–H and O–H groups in total. The molecule has 296 valence electrons. The highest BCUT2D eigenvalue weighted by molar-refractivity contribution is 5.98. The summed E-state index contributed by atoms with van der Waals surface area (Å²) in [5, 5.41) is 5.49. The van der Waals surface area contributed by atoms with Crippen molar-refractivity contribution in [2.45, 2.75) is 71.4 Å². The maximum absolute atomic E-state index is 13.4. The lowest BCUT2D eigenvalue weighted by Gasteiger charge is -2.22. The Bertz CT molecular complexity index is 1740. The van der Waals surface area contributed by atoms with Crippen molar-refractivity contribution in [3.63, 3.8) is 0 Å². The molecule has 0 aromatic heterocycles. The van der Waals surface area contributed by atoms with Gasteiger partial charge < -0.3 is 39.1 Å². The van der Waals surface area contributed by atoms with Crippen molar-refractivity contribution >= 4 is 29.7 Å². The second-order valence-electron chi connectivity index (χ2n) is 12.4. The van der Waals surface area contributed by atoms with Crippen molar-refractivity contribution in [2.75, 3.05) is 19.8 Å². The zero-order valence-corrected chi connectivity index (χ0v) is 31.6. The maximum Gasteiger partial charge on any atom is 0.359 e. The van der Waals surface area contributed by atoms with Gasteiger partial charge in [0.15, 0.2) is 6.29 Å². The molecular weight excluding hydrogens is 720 g/mol. The summed E-state index contributed by atoms with van der Waals surface area (Å²) < 4.78 is 33.0. The molecule has 0 saturated carbocycles. The molecule has 0 unspecified atom stereocenters. The summed E-state index contributed by atoms with van der Waals surface area (Å²) in [5.74, 6) is -3.30. The third kappa shape index (κ3) is 15.4. The fraction of sp³-hybridized carbons (Fsp3) is 0.326. The summed E-state index contributed by atoms with van der Waals surface area (Å²) >= 11 is 0. The van der Waals surface area contributed by atoms with Gasteiger partial charge in [0.2, 0.25) is 11.8 Å². The summed E-state index contributed by atoms with van der Waals surface area (Å²) in [5.41, 5.74) is 2.88. The highest BCUT2D eigenvalue weighted by atomic mass is 16.7. The molecule has 0 radical (unpaired) electrons. The molecule has 0 heterocycles. The number of hydrogen-bond donors (Lipinski definition) is 2. The van der Waals surface area contributed by atoms with Gasteiger partial charge in [-0.2, -0.15) is 0 Å². The van der Waals surface area contributed by atoms with Crippen LogP contribution in [0.15, 0.2) is 115 Å². The van der Waals surface area contributed by atoms with E-state index in [0.717, 1.165) is 16.7 Å². The SMILES string of the molecule is CCOC(CNC(=O)[C@H](Cc1ccc(OC(C(=O)OCc2ccccc2)C(=O)OCc2ccccc2)cc1)NC(=O)CCC(=O)OCc1ccccc1)OCC. The summed E-state index contributed by atoms with van der Waals surface area (Å²) in [4.78, 5) is 65.1. The second-order valence-corrected chi connectivity index (χ2v) is 12.4. The number of nitrogens with one attached hydrogen (secondary N) is 2. The van der Waals surface area contributed by atoms with Crippen LogP contribution in [-0.4, -0.2) is 67.9 Å². The Morgan fingerprint density at radius 2 is 1.05 bits per heavy atom.